The van der Waals surface area contributed by atoms with Crippen molar-refractivity contribution in [1.29, 1.82) is 0 Å². The zero-order valence-corrected chi connectivity index (χ0v) is 12.8. The van der Waals surface area contributed by atoms with Crippen molar-refractivity contribution in [2.24, 2.45) is 5.92 Å². The van der Waals surface area contributed by atoms with Crippen LogP contribution in [0.25, 0.3) is 0 Å². The van der Waals surface area contributed by atoms with Gasteiger partial charge in [0.2, 0.25) is 5.95 Å². The van der Waals surface area contributed by atoms with Gasteiger partial charge < -0.3 is 10.2 Å². The maximum absolute atomic E-state index is 4.66. The van der Waals surface area contributed by atoms with Crippen molar-refractivity contribution < 1.29 is 0 Å². The van der Waals surface area contributed by atoms with Gasteiger partial charge in [-0.3, -0.25) is 0 Å². The number of nitrogens with one attached hydrogen (secondary N) is 1. The van der Waals surface area contributed by atoms with E-state index in [1.165, 1.54) is 56.9 Å². The van der Waals surface area contributed by atoms with Gasteiger partial charge in [0.25, 0.3) is 0 Å². The second-order valence-electron chi connectivity index (χ2n) is 6.99. The minimum absolute atomic E-state index is 0.697. The molecule has 0 radical (unpaired) electrons. The van der Waals surface area contributed by atoms with E-state index < -0.39 is 0 Å². The SMILES string of the molecule is c1nc(N2CCCC2C2CCCC2)ncc1CNC1CC1. The van der Waals surface area contributed by atoms with Gasteiger partial charge in [-0.2, -0.15) is 0 Å². The van der Waals surface area contributed by atoms with E-state index in [9.17, 15) is 0 Å². The summed E-state index contributed by atoms with van der Waals surface area (Å²) < 4.78 is 0. The second-order valence-corrected chi connectivity index (χ2v) is 6.99. The minimum atomic E-state index is 0.697. The van der Waals surface area contributed by atoms with Crippen molar-refractivity contribution in [2.75, 3.05) is 11.4 Å². The Morgan fingerprint density at radius 2 is 1.76 bits per heavy atom. The molecule has 0 amide bonds. The quantitative estimate of drug-likeness (QED) is 0.903. The molecule has 3 fully saturated rings. The Bertz CT molecular complexity index is 462. The molecule has 21 heavy (non-hydrogen) atoms. The fourth-order valence-electron chi connectivity index (χ4n) is 4.01. The van der Waals surface area contributed by atoms with Gasteiger partial charge in [0.05, 0.1) is 0 Å². The van der Waals surface area contributed by atoms with Gasteiger partial charge in [-0.05, 0) is 44.4 Å². The Morgan fingerprint density at radius 3 is 2.48 bits per heavy atom. The lowest BCUT2D eigenvalue weighted by Gasteiger charge is -2.29. The van der Waals surface area contributed by atoms with E-state index in [4.69, 9.17) is 0 Å². The Morgan fingerprint density at radius 1 is 1.00 bits per heavy atom. The predicted molar refractivity (Wildman–Crippen MR) is 84.2 cm³/mol. The van der Waals surface area contributed by atoms with Gasteiger partial charge in [-0.1, -0.05) is 12.8 Å². The number of aromatic nitrogens is 2. The Labute approximate surface area is 127 Å². The first-order valence-electron chi connectivity index (χ1n) is 8.71. The van der Waals surface area contributed by atoms with Crippen LogP contribution >= 0.6 is 0 Å². The molecule has 1 aromatic heterocycles. The van der Waals surface area contributed by atoms with Gasteiger partial charge >= 0.3 is 0 Å². The van der Waals surface area contributed by atoms with Crippen LogP contribution in [-0.2, 0) is 6.54 Å². The molecule has 114 valence electrons. The lowest BCUT2D eigenvalue weighted by atomic mass is 9.96. The molecule has 2 heterocycles. The second kappa shape index (κ2) is 5.91. The first-order valence-corrected chi connectivity index (χ1v) is 8.71. The molecule has 1 saturated heterocycles. The Hall–Kier alpha value is -1.16. The van der Waals surface area contributed by atoms with Crippen molar-refractivity contribution in [3.8, 4) is 0 Å². The standard InChI is InChI=1S/C17H26N4/c1-2-5-14(4-1)16-6-3-9-21(16)17-19-11-13(12-20-17)10-18-15-7-8-15/h11-12,14-16,18H,1-10H2. The summed E-state index contributed by atoms with van der Waals surface area (Å²) in [6, 6.07) is 1.44. The topological polar surface area (TPSA) is 41.1 Å². The van der Waals surface area contributed by atoms with Gasteiger partial charge in [0.1, 0.15) is 0 Å². The van der Waals surface area contributed by atoms with E-state index in [2.05, 4.69) is 20.2 Å². The van der Waals surface area contributed by atoms with E-state index in [1.807, 2.05) is 12.4 Å². The molecule has 0 bridgehead atoms. The lowest BCUT2D eigenvalue weighted by molar-refractivity contribution is 0.427. The van der Waals surface area contributed by atoms with Crippen LogP contribution in [0.2, 0.25) is 0 Å². The van der Waals surface area contributed by atoms with Crippen molar-refractivity contribution >= 4 is 5.95 Å². The summed E-state index contributed by atoms with van der Waals surface area (Å²) >= 11 is 0. The summed E-state index contributed by atoms with van der Waals surface area (Å²) in [5.41, 5.74) is 1.21. The number of hydrogen-bond acceptors (Lipinski definition) is 4. The van der Waals surface area contributed by atoms with Crippen molar-refractivity contribution in [2.45, 2.75) is 70.0 Å². The lowest BCUT2D eigenvalue weighted by Crippen LogP contribution is -2.35. The molecule has 4 heteroatoms. The summed E-state index contributed by atoms with van der Waals surface area (Å²) in [6.07, 6.45) is 15.0. The highest BCUT2D eigenvalue weighted by molar-refractivity contribution is 5.34. The van der Waals surface area contributed by atoms with Crippen LogP contribution in [0.3, 0.4) is 0 Å². The molecule has 1 unspecified atom stereocenters. The molecular weight excluding hydrogens is 260 g/mol. The number of rotatable bonds is 5. The van der Waals surface area contributed by atoms with Crippen LogP contribution in [0.4, 0.5) is 5.95 Å². The molecule has 1 atom stereocenters. The molecule has 4 rings (SSSR count). The molecule has 1 aromatic rings. The van der Waals surface area contributed by atoms with Crippen LogP contribution in [0.15, 0.2) is 12.4 Å². The van der Waals surface area contributed by atoms with Crippen LogP contribution in [-0.4, -0.2) is 28.6 Å². The van der Waals surface area contributed by atoms with Gasteiger partial charge in [0.15, 0.2) is 0 Å². The molecule has 1 N–H and O–H groups in total. The molecular formula is C17H26N4. The average Bonchev–Trinajstić information content (AvgIpc) is 3.01. The molecule has 0 spiro atoms. The zero-order valence-electron chi connectivity index (χ0n) is 12.8. The fourth-order valence-corrected chi connectivity index (χ4v) is 4.01. The van der Waals surface area contributed by atoms with Crippen molar-refractivity contribution in [3.63, 3.8) is 0 Å². The molecule has 1 aliphatic heterocycles. The van der Waals surface area contributed by atoms with Gasteiger partial charge in [-0.15, -0.1) is 0 Å². The Kier molecular flexibility index (Phi) is 3.80. The third-order valence-electron chi connectivity index (χ3n) is 5.36. The molecule has 4 nitrogen and oxygen atoms in total. The summed E-state index contributed by atoms with van der Waals surface area (Å²) in [6.45, 7) is 2.05. The van der Waals surface area contributed by atoms with E-state index in [0.29, 0.717) is 6.04 Å². The number of nitrogens with zero attached hydrogens (tertiary/aromatic N) is 3. The highest BCUT2D eigenvalue weighted by Crippen LogP contribution is 2.36. The van der Waals surface area contributed by atoms with E-state index in [0.717, 1.165) is 31.0 Å². The van der Waals surface area contributed by atoms with Gasteiger partial charge in [0, 0.05) is 43.1 Å². The highest BCUT2D eigenvalue weighted by atomic mass is 15.3. The first kappa shape index (κ1) is 13.5. The summed E-state index contributed by atoms with van der Waals surface area (Å²) in [7, 11) is 0. The molecule has 2 saturated carbocycles. The van der Waals surface area contributed by atoms with Crippen LogP contribution in [0.5, 0.6) is 0 Å². The van der Waals surface area contributed by atoms with Crippen molar-refractivity contribution in [1.82, 2.24) is 15.3 Å². The van der Waals surface area contributed by atoms with Gasteiger partial charge in [-0.25, -0.2) is 9.97 Å². The molecule has 0 aromatic carbocycles. The minimum Gasteiger partial charge on any atom is -0.338 e. The molecule has 3 aliphatic rings. The molecule has 2 aliphatic carbocycles. The van der Waals surface area contributed by atoms with E-state index >= 15 is 0 Å². The largest absolute Gasteiger partial charge is 0.338 e. The van der Waals surface area contributed by atoms with Crippen molar-refractivity contribution in [3.05, 3.63) is 18.0 Å². The fraction of sp³-hybridized carbons (Fsp3) is 0.765. The van der Waals surface area contributed by atoms with E-state index in [1.54, 1.807) is 0 Å². The van der Waals surface area contributed by atoms with E-state index in [-0.39, 0.29) is 0 Å². The maximum atomic E-state index is 4.66. The third-order valence-corrected chi connectivity index (χ3v) is 5.36. The highest BCUT2D eigenvalue weighted by Gasteiger charge is 2.34. The summed E-state index contributed by atoms with van der Waals surface area (Å²) in [5, 5.41) is 3.52. The smallest absolute Gasteiger partial charge is 0.225 e. The average molecular weight is 286 g/mol. The number of hydrogen-bond donors (Lipinski definition) is 1. The first-order chi connectivity index (χ1) is 10.4. The monoisotopic (exact) mass is 286 g/mol. The van der Waals surface area contributed by atoms with Crippen LogP contribution in [0.1, 0.15) is 56.9 Å². The Balaban J connectivity index is 1.41. The number of anilines is 1. The summed E-state index contributed by atoms with van der Waals surface area (Å²) in [4.78, 5) is 11.8. The van der Waals surface area contributed by atoms with Crippen LogP contribution in [0, 0.1) is 5.92 Å². The van der Waals surface area contributed by atoms with Crippen LogP contribution < -0.4 is 10.2 Å². The zero-order chi connectivity index (χ0) is 14.1. The summed E-state index contributed by atoms with van der Waals surface area (Å²) in [5.74, 6) is 1.84. The maximum Gasteiger partial charge on any atom is 0.225 e. The third kappa shape index (κ3) is 3.05. The predicted octanol–water partition coefficient (Wildman–Crippen LogP) is 2.89. The normalized spacial score (nSPS) is 26.7.